The summed E-state index contributed by atoms with van der Waals surface area (Å²) in [6, 6.07) is 8.88. The predicted octanol–water partition coefficient (Wildman–Crippen LogP) is 2.71. The SMILES string of the molecule is COC(CNC(=O)C(=O)Nc1cccc(N2CCCCC2=O)c1)c1ccsc1. The van der Waals surface area contributed by atoms with Gasteiger partial charge >= 0.3 is 11.8 Å². The highest BCUT2D eigenvalue weighted by Crippen LogP contribution is 2.24. The molecule has 1 atom stereocenters. The zero-order chi connectivity index (χ0) is 19.9. The number of benzene rings is 1. The van der Waals surface area contributed by atoms with Crippen molar-refractivity contribution in [3.05, 3.63) is 46.7 Å². The third-order valence-corrected chi connectivity index (χ3v) is 5.29. The summed E-state index contributed by atoms with van der Waals surface area (Å²) in [5.41, 5.74) is 2.14. The minimum atomic E-state index is -0.762. The quantitative estimate of drug-likeness (QED) is 0.729. The minimum absolute atomic E-state index is 0.0755. The zero-order valence-electron chi connectivity index (χ0n) is 15.6. The number of nitrogens with one attached hydrogen (secondary N) is 2. The van der Waals surface area contributed by atoms with Crippen molar-refractivity contribution in [1.29, 1.82) is 0 Å². The van der Waals surface area contributed by atoms with Crippen LogP contribution in [-0.4, -0.2) is 37.9 Å². The van der Waals surface area contributed by atoms with E-state index in [0.29, 0.717) is 18.7 Å². The lowest BCUT2D eigenvalue weighted by molar-refractivity contribution is -0.136. The molecule has 3 amide bonds. The largest absolute Gasteiger partial charge is 0.375 e. The summed E-state index contributed by atoms with van der Waals surface area (Å²) >= 11 is 1.54. The van der Waals surface area contributed by atoms with E-state index in [1.165, 1.54) is 11.3 Å². The van der Waals surface area contributed by atoms with Crippen molar-refractivity contribution in [2.45, 2.75) is 25.4 Å². The van der Waals surface area contributed by atoms with Gasteiger partial charge in [0.2, 0.25) is 5.91 Å². The first-order chi connectivity index (χ1) is 13.6. The van der Waals surface area contributed by atoms with E-state index >= 15 is 0 Å². The first-order valence-corrected chi connectivity index (χ1v) is 10.1. The maximum Gasteiger partial charge on any atom is 0.313 e. The van der Waals surface area contributed by atoms with Gasteiger partial charge in [-0.2, -0.15) is 11.3 Å². The van der Waals surface area contributed by atoms with Crippen molar-refractivity contribution in [2.24, 2.45) is 0 Å². The molecule has 1 aromatic heterocycles. The molecule has 0 radical (unpaired) electrons. The highest BCUT2D eigenvalue weighted by atomic mass is 32.1. The highest BCUT2D eigenvalue weighted by molar-refractivity contribution is 7.07. The number of rotatable bonds is 6. The second-order valence-electron chi connectivity index (χ2n) is 6.50. The Morgan fingerprint density at radius 2 is 2.11 bits per heavy atom. The van der Waals surface area contributed by atoms with Gasteiger partial charge in [0, 0.05) is 38.0 Å². The zero-order valence-corrected chi connectivity index (χ0v) is 16.5. The molecule has 1 aliphatic rings. The molecule has 1 fully saturated rings. The lowest BCUT2D eigenvalue weighted by atomic mass is 10.1. The van der Waals surface area contributed by atoms with Gasteiger partial charge in [0.05, 0.1) is 0 Å². The molecule has 2 N–H and O–H groups in total. The molecule has 2 heterocycles. The Balaban J connectivity index is 1.57. The van der Waals surface area contributed by atoms with Crippen LogP contribution >= 0.6 is 11.3 Å². The number of amides is 3. The lowest BCUT2D eigenvalue weighted by Gasteiger charge is -2.27. The van der Waals surface area contributed by atoms with Crippen LogP contribution in [-0.2, 0) is 19.1 Å². The van der Waals surface area contributed by atoms with Gasteiger partial charge in [-0.15, -0.1) is 0 Å². The number of hydrogen-bond acceptors (Lipinski definition) is 5. The summed E-state index contributed by atoms with van der Waals surface area (Å²) in [6.45, 7) is 0.861. The van der Waals surface area contributed by atoms with E-state index in [4.69, 9.17) is 4.74 Å². The highest BCUT2D eigenvalue weighted by Gasteiger charge is 2.21. The second-order valence-corrected chi connectivity index (χ2v) is 7.28. The molecule has 0 aliphatic carbocycles. The maximum absolute atomic E-state index is 12.2. The smallest absolute Gasteiger partial charge is 0.313 e. The van der Waals surface area contributed by atoms with Crippen LogP contribution in [0.1, 0.15) is 30.9 Å². The number of ether oxygens (including phenoxy) is 1. The van der Waals surface area contributed by atoms with Gasteiger partial charge in [0.1, 0.15) is 6.10 Å². The summed E-state index contributed by atoms with van der Waals surface area (Å²) in [5, 5.41) is 9.04. The van der Waals surface area contributed by atoms with Crippen molar-refractivity contribution in [1.82, 2.24) is 5.32 Å². The summed E-state index contributed by atoms with van der Waals surface area (Å²) < 4.78 is 5.36. The topological polar surface area (TPSA) is 87.7 Å². The molecule has 2 aromatic rings. The van der Waals surface area contributed by atoms with Crippen LogP contribution in [0, 0.1) is 0 Å². The van der Waals surface area contributed by atoms with Crippen LogP contribution in [0.4, 0.5) is 11.4 Å². The fraction of sp³-hybridized carbons (Fsp3) is 0.350. The summed E-state index contributed by atoms with van der Waals surface area (Å²) in [4.78, 5) is 38.1. The van der Waals surface area contributed by atoms with Gasteiger partial charge in [-0.3, -0.25) is 14.4 Å². The average Bonchev–Trinajstić information content (AvgIpc) is 3.23. The monoisotopic (exact) mass is 401 g/mol. The molecule has 3 rings (SSSR count). The van der Waals surface area contributed by atoms with Crippen molar-refractivity contribution in [3.8, 4) is 0 Å². The number of nitrogens with zero attached hydrogens (tertiary/aromatic N) is 1. The number of carbonyl (C=O) groups is 3. The van der Waals surface area contributed by atoms with E-state index in [9.17, 15) is 14.4 Å². The van der Waals surface area contributed by atoms with Crippen LogP contribution in [0.15, 0.2) is 41.1 Å². The van der Waals surface area contributed by atoms with Gasteiger partial charge in [-0.25, -0.2) is 0 Å². The van der Waals surface area contributed by atoms with Gasteiger partial charge in [0.25, 0.3) is 0 Å². The van der Waals surface area contributed by atoms with Gasteiger partial charge in [-0.05, 0) is 53.4 Å². The first kappa shape index (κ1) is 20.0. The molecule has 0 saturated carbocycles. The summed E-state index contributed by atoms with van der Waals surface area (Å²) in [5.74, 6) is -1.43. The molecular weight excluding hydrogens is 378 g/mol. The van der Waals surface area contributed by atoms with Crippen LogP contribution in [0.5, 0.6) is 0 Å². The number of anilines is 2. The lowest BCUT2D eigenvalue weighted by Crippen LogP contribution is -2.38. The van der Waals surface area contributed by atoms with E-state index < -0.39 is 11.8 Å². The van der Waals surface area contributed by atoms with Crippen molar-refractivity contribution < 1.29 is 19.1 Å². The average molecular weight is 401 g/mol. The molecule has 0 spiro atoms. The minimum Gasteiger partial charge on any atom is -0.375 e. The normalized spacial score (nSPS) is 15.2. The van der Waals surface area contributed by atoms with Crippen LogP contribution in [0.25, 0.3) is 0 Å². The van der Waals surface area contributed by atoms with E-state index in [2.05, 4.69) is 10.6 Å². The molecule has 1 aromatic carbocycles. The maximum atomic E-state index is 12.2. The molecule has 28 heavy (non-hydrogen) atoms. The van der Waals surface area contributed by atoms with E-state index in [1.807, 2.05) is 22.9 Å². The fourth-order valence-electron chi connectivity index (χ4n) is 3.08. The fourth-order valence-corrected chi connectivity index (χ4v) is 3.78. The Morgan fingerprint density at radius 1 is 1.25 bits per heavy atom. The summed E-state index contributed by atoms with van der Waals surface area (Å²) in [6.07, 6.45) is 2.08. The number of methoxy groups -OCH3 is 1. The number of hydrogen-bond donors (Lipinski definition) is 2. The molecule has 7 nitrogen and oxygen atoms in total. The molecule has 148 valence electrons. The van der Waals surface area contributed by atoms with Crippen molar-refractivity contribution in [2.75, 3.05) is 30.4 Å². The molecule has 1 aliphatic heterocycles. The predicted molar refractivity (Wildman–Crippen MR) is 108 cm³/mol. The molecule has 8 heteroatoms. The van der Waals surface area contributed by atoms with Gasteiger partial charge in [-0.1, -0.05) is 6.07 Å². The van der Waals surface area contributed by atoms with Crippen molar-refractivity contribution in [3.63, 3.8) is 0 Å². The van der Waals surface area contributed by atoms with Crippen molar-refractivity contribution >= 4 is 40.4 Å². The van der Waals surface area contributed by atoms with E-state index in [0.717, 1.165) is 24.1 Å². The van der Waals surface area contributed by atoms with Gasteiger partial charge < -0.3 is 20.3 Å². The molecule has 1 saturated heterocycles. The third-order valence-electron chi connectivity index (χ3n) is 4.59. The van der Waals surface area contributed by atoms with E-state index in [-0.39, 0.29) is 18.6 Å². The van der Waals surface area contributed by atoms with Crippen LogP contribution in [0.2, 0.25) is 0 Å². The Labute approximate surface area is 167 Å². The van der Waals surface area contributed by atoms with Crippen LogP contribution < -0.4 is 15.5 Å². The third kappa shape index (κ3) is 4.96. The second kappa shape index (κ2) is 9.48. The Bertz CT molecular complexity index is 838. The van der Waals surface area contributed by atoms with Gasteiger partial charge in [0.15, 0.2) is 0 Å². The Hall–Kier alpha value is -2.71. The first-order valence-electron chi connectivity index (χ1n) is 9.13. The molecule has 0 bridgehead atoms. The number of carbonyl (C=O) groups excluding carboxylic acids is 3. The number of piperidine rings is 1. The Kier molecular flexibility index (Phi) is 6.78. The van der Waals surface area contributed by atoms with Crippen LogP contribution in [0.3, 0.4) is 0 Å². The van der Waals surface area contributed by atoms with E-state index in [1.54, 1.807) is 30.2 Å². The molecule has 1 unspecified atom stereocenters. The Morgan fingerprint density at radius 3 is 2.82 bits per heavy atom. The standard InChI is InChI=1S/C20H23N3O4S/c1-27-17(14-8-10-28-13-14)12-21-19(25)20(26)22-15-5-4-6-16(11-15)23-9-3-2-7-18(23)24/h4-6,8,10-11,13,17H,2-3,7,9,12H2,1H3,(H,21,25)(H,22,26). The number of thiophene rings is 1. The molecular formula is C20H23N3O4S. The summed E-state index contributed by atoms with van der Waals surface area (Å²) in [7, 11) is 1.56.